The van der Waals surface area contributed by atoms with E-state index in [9.17, 15) is 14.7 Å². The van der Waals surface area contributed by atoms with Gasteiger partial charge in [-0.1, -0.05) is 36.4 Å². The zero-order valence-corrected chi connectivity index (χ0v) is 10.7. The van der Waals surface area contributed by atoms with E-state index in [1.54, 1.807) is 47.4 Å². The van der Waals surface area contributed by atoms with Crippen LogP contribution in [-0.4, -0.2) is 23.5 Å². The Labute approximate surface area is 116 Å². The van der Waals surface area contributed by atoms with Crippen LogP contribution in [0.25, 0.3) is 0 Å². The molecule has 4 heteroatoms. The molecular weight excluding hydrogens is 254 g/mol. The molecule has 1 heterocycles. The predicted molar refractivity (Wildman–Crippen MR) is 74.9 cm³/mol. The van der Waals surface area contributed by atoms with Gasteiger partial charge in [-0.2, -0.15) is 0 Å². The number of amides is 1. The quantitative estimate of drug-likeness (QED) is 0.909. The van der Waals surface area contributed by atoms with E-state index in [4.69, 9.17) is 0 Å². The lowest BCUT2D eigenvalue weighted by Gasteiger charge is -2.17. The van der Waals surface area contributed by atoms with Gasteiger partial charge in [0.15, 0.2) is 0 Å². The average Bonchev–Trinajstić information content (AvgIpc) is 2.87. The lowest BCUT2D eigenvalue weighted by Crippen LogP contribution is -2.31. The van der Waals surface area contributed by atoms with E-state index in [2.05, 4.69) is 0 Å². The van der Waals surface area contributed by atoms with Gasteiger partial charge in [0.1, 0.15) is 5.92 Å². The van der Waals surface area contributed by atoms with E-state index >= 15 is 0 Å². The summed E-state index contributed by atoms with van der Waals surface area (Å²) in [6.45, 7) is 0.183. The second kappa shape index (κ2) is 4.81. The van der Waals surface area contributed by atoms with Crippen LogP contribution in [0.1, 0.15) is 21.8 Å². The molecule has 2 aromatic rings. The summed E-state index contributed by atoms with van der Waals surface area (Å²) in [5.74, 6) is -1.72. The molecule has 2 aromatic carbocycles. The van der Waals surface area contributed by atoms with Gasteiger partial charge in [0.2, 0.25) is 0 Å². The maximum atomic E-state index is 12.5. The van der Waals surface area contributed by atoms with Crippen molar-refractivity contribution in [1.82, 2.24) is 0 Å². The first-order valence-electron chi connectivity index (χ1n) is 6.37. The summed E-state index contributed by atoms with van der Waals surface area (Å²) < 4.78 is 0. The molecule has 0 bridgehead atoms. The van der Waals surface area contributed by atoms with Gasteiger partial charge in [-0.05, 0) is 23.8 Å². The van der Waals surface area contributed by atoms with Crippen LogP contribution in [0, 0.1) is 0 Å². The molecule has 0 spiro atoms. The van der Waals surface area contributed by atoms with Crippen LogP contribution in [0.2, 0.25) is 0 Å². The first kappa shape index (κ1) is 12.4. The van der Waals surface area contributed by atoms with E-state index in [0.717, 1.165) is 0 Å². The Hall–Kier alpha value is -2.62. The lowest BCUT2D eigenvalue weighted by atomic mass is 10.0. The van der Waals surface area contributed by atoms with Crippen molar-refractivity contribution >= 4 is 17.6 Å². The van der Waals surface area contributed by atoms with Crippen LogP contribution in [0.5, 0.6) is 0 Å². The summed E-state index contributed by atoms with van der Waals surface area (Å²) in [5.41, 5.74) is 1.95. The van der Waals surface area contributed by atoms with Crippen molar-refractivity contribution in [3.8, 4) is 0 Å². The minimum Gasteiger partial charge on any atom is -0.481 e. The number of para-hydroxylation sites is 1. The van der Waals surface area contributed by atoms with E-state index in [0.29, 0.717) is 16.8 Å². The Balaban J connectivity index is 2.00. The van der Waals surface area contributed by atoms with Crippen LogP contribution >= 0.6 is 0 Å². The second-order valence-corrected chi connectivity index (χ2v) is 4.73. The SMILES string of the molecule is O=C(O)C1CN(C(=O)c2ccccc2)c2ccccc21. The highest BCUT2D eigenvalue weighted by Crippen LogP contribution is 2.36. The predicted octanol–water partition coefficient (Wildman–Crippen LogP) is 2.52. The van der Waals surface area contributed by atoms with Gasteiger partial charge in [-0.3, -0.25) is 9.59 Å². The summed E-state index contributed by atoms with van der Waals surface area (Å²) in [6.07, 6.45) is 0. The normalized spacial score (nSPS) is 16.8. The number of hydrogen-bond acceptors (Lipinski definition) is 2. The Morgan fingerprint density at radius 3 is 2.35 bits per heavy atom. The number of benzene rings is 2. The van der Waals surface area contributed by atoms with E-state index < -0.39 is 11.9 Å². The number of carbonyl (C=O) groups is 2. The number of anilines is 1. The Morgan fingerprint density at radius 2 is 1.65 bits per heavy atom. The van der Waals surface area contributed by atoms with Gasteiger partial charge in [0.25, 0.3) is 5.91 Å². The van der Waals surface area contributed by atoms with Crippen molar-refractivity contribution in [3.63, 3.8) is 0 Å². The molecule has 3 rings (SSSR count). The number of nitrogens with zero attached hydrogens (tertiary/aromatic N) is 1. The molecule has 0 saturated heterocycles. The van der Waals surface area contributed by atoms with Crippen molar-refractivity contribution in [2.24, 2.45) is 0 Å². The van der Waals surface area contributed by atoms with Gasteiger partial charge in [0.05, 0.1) is 0 Å². The largest absolute Gasteiger partial charge is 0.481 e. The number of carboxylic acid groups (broad SMARTS) is 1. The number of fused-ring (bicyclic) bond motifs is 1. The average molecular weight is 267 g/mol. The maximum Gasteiger partial charge on any atom is 0.312 e. The number of carboxylic acids is 1. The van der Waals surface area contributed by atoms with E-state index in [1.807, 2.05) is 12.1 Å². The highest BCUT2D eigenvalue weighted by atomic mass is 16.4. The highest BCUT2D eigenvalue weighted by molar-refractivity contribution is 6.08. The van der Waals surface area contributed by atoms with Crippen molar-refractivity contribution in [2.75, 3.05) is 11.4 Å². The monoisotopic (exact) mass is 267 g/mol. The third kappa shape index (κ3) is 1.95. The van der Waals surface area contributed by atoms with Crippen LogP contribution in [-0.2, 0) is 4.79 Å². The van der Waals surface area contributed by atoms with E-state index in [-0.39, 0.29) is 12.5 Å². The standard InChI is InChI=1S/C16H13NO3/c18-15(11-6-2-1-3-7-11)17-10-13(16(19)20)12-8-4-5-9-14(12)17/h1-9,13H,10H2,(H,19,20). The van der Waals surface area contributed by atoms with Gasteiger partial charge < -0.3 is 10.0 Å². The molecule has 1 amide bonds. The summed E-state index contributed by atoms with van der Waals surface area (Å²) in [7, 11) is 0. The van der Waals surface area contributed by atoms with Crippen LogP contribution in [0.15, 0.2) is 54.6 Å². The Bertz CT molecular complexity index is 666. The van der Waals surface area contributed by atoms with Gasteiger partial charge in [-0.15, -0.1) is 0 Å². The zero-order chi connectivity index (χ0) is 14.1. The molecule has 20 heavy (non-hydrogen) atoms. The first-order chi connectivity index (χ1) is 9.68. The number of rotatable bonds is 2. The fraction of sp³-hybridized carbons (Fsp3) is 0.125. The molecule has 0 aromatic heterocycles. The van der Waals surface area contributed by atoms with Crippen molar-refractivity contribution in [2.45, 2.75) is 5.92 Å². The summed E-state index contributed by atoms with van der Waals surface area (Å²) in [4.78, 5) is 25.4. The molecule has 1 aliphatic rings. The fourth-order valence-electron chi connectivity index (χ4n) is 2.55. The van der Waals surface area contributed by atoms with Gasteiger partial charge >= 0.3 is 5.97 Å². The fourth-order valence-corrected chi connectivity index (χ4v) is 2.55. The summed E-state index contributed by atoms with van der Waals surface area (Å²) in [5, 5.41) is 9.29. The molecule has 100 valence electrons. The van der Waals surface area contributed by atoms with Crippen LogP contribution in [0.4, 0.5) is 5.69 Å². The minimum absolute atomic E-state index is 0.165. The third-order valence-corrected chi connectivity index (χ3v) is 3.53. The molecule has 0 fully saturated rings. The van der Waals surface area contributed by atoms with Crippen molar-refractivity contribution < 1.29 is 14.7 Å². The summed E-state index contributed by atoms with van der Waals surface area (Å²) >= 11 is 0. The molecule has 4 nitrogen and oxygen atoms in total. The number of aliphatic carboxylic acids is 1. The summed E-state index contributed by atoms with van der Waals surface area (Å²) in [6, 6.07) is 16.1. The van der Waals surface area contributed by atoms with Gasteiger partial charge in [0, 0.05) is 17.8 Å². The number of hydrogen-bond donors (Lipinski definition) is 1. The Kier molecular flexibility index (Phi) is 2.99. The van der Waals surface area contributed by atoms with Crippen LogP contribution < -0.4 is 4.90 Å². The zero-order valence-electron chi connectivity index (χ0n) is 10.7. The smallest absolute Gasteiger partial charge is 0.312 e. The molecular formula is C16H13NO3. The molecule has 0 radical (unpaired) electrons. The molecule has 1 aliphatic heterocycles. The number of carbonyl (C=O) groups excluding carboxylic acids is 1. The van der Waals surface area contributed by atoms with Crippen molar-refractivity contribution in [1.29, 1.82) is 0 Å². The topological polar surface area (TPSA) is 57.6 Å². The van der Waals surface area contributed by atoms with Crippen molar-refractivity contribution in [3.05, 3.63) is 65.7 Å². The third-order valence-electron chi connectivity index (χ3n) is 3.53. The lowest BCUT2D eigenvalue weighted by molar-refractivity contribution is -0.138. The minimum atomic E-state index is -0.902. The first-order valence-corrected chi connectivity index (χ1v) is 6.37. The maximum absolute atomic E-state index is 12.5. The Morgan fingerprint density at radius 1 is 1.00 bits per heavy atom. The molecule has 1 atom stereocenters. The second-order valence-electron chi connectivity index (χ2n) is 4.73. The molecule has 0 saturated carbocycles. The molecule has 1 unspecified atom stereocenters. The molecule has 0 aliphatic carbocycles. The van der Waals surface area contributed by atoms with E-state index in [1.165, 1.54) is 0 Å². The van der Waals surface area contributed by atoms with Crippen LogP contribution in [0.3, 0.4) is 0 Å². The highest BCUT2D eigenvalue weighted by Gasteiger charge is 2.36. The molecule has 1 N–H and O–H groups in total. The van der Waals surface area contributed by atoms with Gasteiger partial charge in [-0.25, -0.2) is 0 Å².